The predicted molar refractivity (Wildman–Crippen MR) is 88.1 cm³/mol. The third-order valence-corrected chi connectivity index (χ3v) is 4.45. The minimum Gasteiger partial charge on any atom is -0.451 e. The molecule has 0 aromatic heterocycles. The van der Waals surface area contributed by atoms with E-state index in [0.29, 0.717) is 24.5 Å². The van der Waals surface area contributed by atoms with E-state index < -0.39 is 17.5 Å². The summed E-state index contributed by atoms with van der Waals surface area (Å²) in [4.78, 5) is 8.69. The van der Waals surface area contributed by atoms with Crippen molar-refractivity contribution in [1.29, 1.82) is 0 Å². The fourth-order valence-corrected chi connectivity index (χ4v) is 3.02. The van der Waals surface area contributed by atoms with Gasteiger partial charge in [0.2, 0.25) is 5.82 Å². The zero-order chi connectivity index (χ0) is 17.6. The van der Waals surface area contributed by atoms with E-state index in [1.165, 1.54) is 24.3 Å². The van der Waals surface area contributed by atoms with Gasteiger partial charge in [0, 0.05) is 26.2 Å². The van der Waals surface area contributed by atoms with Gasteiger partial charge < -0.3 is 14.5 Å². The standard InChI is InChI=1S/C18H16F3N3O/c1-23-6-8-24(9-7-23)18-12-10-11(19)2-5-15(12)25-17-14(22-18)4-3-13(20)16(17)21/h2-5,10H,6-9H2,1H3. The number of hydrogen-bond donors (Lipinski definition) is 0. The first-order valence-electron chi connectivity index (χ1n) is 8.01. The molecule has 2 aliphatic rings. The lowest BCUT2D eigenvalue weighted by atomic mass is 10.1. The van der Waals surface area contributed by atoms with Crippen molar-refractivity contribution in [2.75, 3.05) is 33.2 Å². The smallest absolute Gasteiger partial charge is 0.203 e. The number of rotatable bonds is 0. The van der Waals surface area contributed by atoms with Crippen LogP contribution in [0.2, 0.25) is 0 Å². The fraction of sp³-hybridized carbons (Fsp3) is 0.278. The summed E-state index contributed by atoms with van der Waals surface area (Å²) in [5.41, 5.74) is 0.616. The summed E-state index contributed by atoms with van der Waals surface area (Å²) in [6, 6.07) is 6.33. The Hall–Kier alpha value is -2.54. The van der Waals surface area contributed by atoms with Gasteiger partial charge in [-0.3, -0.25) is 0 Å². The quantitative estimate of drug-likeness (QED) is 0.730. The molecule has 7 heteroatoms. The predicted octanol–water partition coefficient (Wildman–Crippen LogP) is 3.54. The van der Waals surface area contributed by atoms with Gasteiger partial charge in [0.25, 0.3) is 0 Å². The highest BCUT2D eigenvalue weighted by molar-refractivity contribution is 6.03. The summed E-state index contributed by atoms with van der Waals surface area (Å²) in [6.45, 7) is 3.05. The molecule has 0 N–H and O–H groups in total. The first kappa shape index (κ1) is 16.0. The van der Waals surface area contributed by atoms with Crippen LogP contribution < -0.4 is 4.74 Å². The van der Waals surface area contributed by atoms with E-state index in [1.807, 2.05) is 11.9 Å². The highest BCUT2D eigenvalue weighted by Crippen LogP contribution is 2.41. The zero-order valence-corrected chi connectivity index (χ0v) is 13.6. The van der Waals surface area contributed by atoms with Crippen LogP contribution in [0.4, 0.5) is 18.9 Å². The van der Waals surface area contributed by atoms with Crippen LogP contribution in [0, 0.1) is 17.5 Å². The molecule has 0 aliphatic carbocycles. The Morgan fingerprint density at radius 3 is 2.52 bits per heavy atom. The van der Waals surface area contributed by atoms with Gasteiger partial charge in [-0.1, -0.05) is 0 Å². The molecule has 0 bridgehead atoms. The molecule has 0 unspecified atom stereocenters. The van der Waals surface area contributed by atoms with Crippen molar-refractivity contribution in [3.63, 3.8) is 0 Å². The van der Waals surface area contributed by atoms with Crippen LogP contribution in [0.1, 0.15) is 5.56 Å². The molecule has 2 aromatic rings. The first-order valence-corrected chi connectivity index (χ1v) is 8.01. The van der Waals surface area contributed by atoms with Crippen molar-refractivity contribution in [3.8, 4) is 11.5 Å². The summed E-state index contributed by atoms with van der Waals surface area (Å²) in [5, 5.41) is 0. The second-order valence-corrected chi connectivity index (χ2v) is 6.18. The van der Waals surface area contributed by atoms with Gasteiger partial charge in [-0.15, -0.1) is 0 Å². The third kappa shape index (κ3) is 2.84. The molecule has 4 nitrogen and oxygen atoms in total. The number of fused-ring (bicyclic) bond motifs is 2. The van der Waals surface area contributed by atoms with Gasteiger partial charge >= 0.3 is 0 Å². The van der Waals surface area contributed by atoms with Crippen molar-refractivity contribution < 1.29 is 17.9 Å². The van der Waals surface area contributed by atoms with Crippen LogP contribution in [0.5, 0.6) is 11.5 Å². The van der Waals surface area contributed by atoms with Gasteiger partial charge in [0.1, 0.15) is 23.1 Å². The van der Waals surface area contributed by atoms with Crippen molar-refractivity contribution in [2.24, 2.45) is 4.99 Å². The zero-order valence-electron chi connectivity index (χ0n) is 13.6. The molecular formula is C18H16F3N3O. The fourth-order valence-electron chi connectivity index (χ4n) is 3.02. The van der Waals surface area contributed by atoms with Crippen molar-refractivity contribution in [1.82, 2.24) is 9.80 Å². The molecule has 2 aliphatic heterocycles. The average molecular weight is 347 g/mol. The van der Waals surface area contributed by atoms with Crippen molar-refractivity contribution in [3.05, 3.63) is 53.3 Å². The number of amidine groups is 1. The molecule has 130 valence electrons. The molecule has 0 amide bonds. The van der Waals surface area contributed by atoms with Gasteiger partial charge in [-0.25, -0.2) is 13.8 Å². The Labute approximate surface area is 143 Å². The molecule has 1 fully saturated rings. The molecule has 2 aromatic carbocycles. The van der Waals surface area contributed by atoms with Crippen LogP contribution >= 0.6 is 0 Å². The minimum atomic E-state index is -1.10. The number of piperazine rings is 1. The van der Waals surface area contributed by atoms with Crippen LogP contribution in [0.25, 0.3) is 0 Å². The number of halogens is 3. The molecule has 4 rings (SSSR count). The maximum Gasteiger partial charge on any atom is 0.203 e. The molecule has 0 atom stereocenters. The molecular weight excluding hydrogens is 331 g/mol. The Kier molecular flexibility index (Phi) is 3.88. The number of ether oxygens (including phenoxy) is 1. The van der Waals surface area contributed by atoms with Gasteiger partial charge in [0.05, 0.1) is 5.56 Å². The molecule has 0 spiro atoms. The van der Waals surface area contributed by atoms with E-state index in [-0.39, 0.29) is 17.2 Å². The molecule has 1 saturated heterocycles. The topological polar surface area (TPSA) is 28.1 Å². The van der Waals surface area contributed by atoms with E-state index in [4.69, 9.17) is 4.74 Å². The number of benzene rings is 2. The van der Waals surface area contributed by atoms with E-state index >= 15 is 0 Å². The lowest BCUT2D eigenvalue weighted by molar-refractivity contribution is 0.215. The highest BCUT2D eigenvalue weighted by atomic mass is 19.2. The Morgan fingerprint density at radius 2 is 1.76 bits per heavy atom. The van der Waals surface area contributed by atoms with E-state index in [1.54, 1.807) is 0 Å². The lowest BCUT2D eigenvalue weighted by Gasteiger charge is -2.34. The lowest BCUT2D eigenvalue weighted by Crippen LogP contribution is -2.47. The van der Waals surface area contributed by atoms with Crippen LogP contribution in [0.15, 0.2) is 35.3 Å². The molecule has 2 heterocycles. The van der Waals surface area contributed by atoms with Crippen LogP contribution in [0.3, 0.4) is 0 Å². The second-order valence-electron chi connectivity index (χ2n) is 6.18. The molecule has 0 radical (unpaired) electrons. The van der Waals surface area contributed by atoms with Crippen molar-refractivity contribution >= 4 is 11.5 Å². The Bertz CT molecular complexity index is 861. The average Bonchev–Trinajstić information content (AvgIpc) is 2.76. The second kappa shape index (κ2) is 6.07. The van der Waals surface area contributed by atoms with Gasteiger partial charge in [0.15, 0.2) is 11.6 Å². The van der Waals surface area contributed by atoms with E-state index in [9.17, 15) is 13.2 Å². The van der Waals surface area contributed by atoms with Gasteiger partial charge in [-0.05, 0) is 37.4 Å². The normalized spacial score (nSPS) is 17.3. The third-order valence-electron chi connectivity index (χ3n) is 4.45. The maximum absolute atomic E-state index is 14.2. The summed E-state index contributed by atoms with van der Waals surface area (Å²) < 4.78 is 47.2. The highest BCUT2D eigenvalue weighted by Gasteiger charge is 2.27. The summed E-state index contributed by atoms with van der Waals surface area (Å²) in [6.07, 6.45) is 0. The van der Waals surface area contributed by atoms with E-state index in [0.717, 1.165) is 19.2 Å². The van der Waals surface area contributed by atoms with Crippen molar-refractivity contribution in [2.45, 2.75) is 0 Å². The summed E-state index contributed by atoms with van der Waals surface area (Å²) in [5.74, 6) is -2.08. The van der Waals surface area contributed by atoms with Crippen LogP contribution in [-0.2, 0) is 0 Å². The number of likely N-dealkylation sites (N-methyl/N-ethyl adjacent to an activating group) is 1. The van der Waals surface area contributed by atoms with Crippen LogP contribution in [-0.4, -0.2) is 48.9 Å². The van der Waals surface area contributed by atoms with Gasteiger partial charge in [-0.2, -0.15) is 4.39 Å². The largest absolute Gasteiger partial charge is 0.451 e. The Morgan fingerprint density at radius 1 is 1.00 bits per heavy atom. The monoisotopic (exact) mass is 347 g/mol. The molecule has 25 heavy (non-hydrogen) atoms. The number of aliphatic imine (C=N–C) groups is 1. The van der Waals surface area contributed by atoms with E-state index in [2.05, 4.69) is 9.89 Å². The summed E-state index contributed by atoms with van der Waals surface area (Å²) >= 11 is 0. The Balaban J connectivity index is 1.88. The SMILES string of the molecule is CN1CCN(C2=Nc3ccc(F)c(F)c3Oc3ccc(F)cc32)CC1. The molecule has 0 saturated carbocycles. The maximum atomic E-state index is 14.2. The number of nitrogens with zero attached hydrogens (tertiary/aromatic N) is 3. The minimum absolute atomic E-state index is 0.185. The summed E-state index contributed by atoms with van der Waals surface area (Å²) in [7, 11) is 2.02. The first-order chi connectivity index (χ1) is 12.0. The number of hydrogen-bond acceptors (Lipinski definition) is 4.